The van der Waals surface area contributed by atoms with Gasteiger partial charge in [-0.25, -0.2) is 0 Å². The maximum absolute atomic E-state index is 12.8. The second kappa shape index (κ2) is 55.6. The summed E-state index contributed by atoms with van der Waals surface area (Å²) in [5.74, 6) is -1.11. The highest BCUT2D eigenvalue weighted by Gasteiger charge is 2.19. The Morgan fingerprint density at radius 1 is 0.304 bits per heavy atom. The van der Waals surface area contributed by atoms with Gasteiger partial charge in [-0.05, 0) is 128 Å². The number of hydrogen-bond donors (Lipinski definition) is 0. The van der Waals surface area contributed by atoms with Crippen molar-refractivity contribution in [3.8, 4) is 0 Å². The lowest BCUT2D eigenvalue weighted by Gasteiger charge is -2.18. The van der Waals surface area contributed by atoms with Crippen LogP contribution in [0.1, 0.15) is 201 Å². The van der Waals surface area contributed by atoms with Crippen molar-refractivity contribution in [2.45, 2.75) is 207 Å². The summed E-state index contributed by atoms with van der Waals surface area (Å²) in [5.41, 5.74) is 0. The fourth-order valence-electron chi connectivity index (χ4n) is 6.53. The van der Waals surface area contributed by atoms with Gasteiger partial charge < -0.3 is 14.2 Å². The monoisotopic (exact) mass is 949 g/mol. The van der Waals surface area contributed by atoms with Gasteiger partial charge >= 0.3 is 17.9 Å². The quantitative estimate of drug-likeness (QED) is 0.0262. The Morgan fingerprint density at radius 3 is 1.01 bits per heavy atom. The summed E-state index contributed by atoms with van der Waals surface area (Å²) < 4.78 is 16.7. The SMILES string of the molecule is CCC=CCC=CCC=CCC=CCC=CCC=CCCC(=O)OC[C@@H](COC(=O)CCCCCCCC=CCC=CCC=CCC)OC(=O)CCCC=CCC=CCC=CCC=CCCCCC. The lowest BCUT2D eigenvalue weighted by molar-refractivity contribution is -0.166. The molecule has 0 spiro atoms. The van der Waals surface area contributed by atoms with E-state index in [1.165, 1.54) is 25.7 Å². The lowest BCUT2D eigenvalue weighted by Crippen LogP contribution is -2.30. The molecule has 0 amide bonds. The van der Waals surface area contributed by atoms with E-state index in [1.807, 2.05) is 12.2 Å². The van der Waals surface area contributed by atoms with Crippen LogP contribution in [0.5, 0.6) is 0 Å². The van der Waals surface area contributed by atoms with E-state index in [4.69, 9.17) is 14.2 Å². The van der Waals surface area contributed by atoms with Gasteiger partial charge in [0.15, 0.2) is 6.10 Å². The van der Waals surface area contributed by atoms with E-state index in [9.17, 15) is 14.4 Å². The molecule has 384 valence electrons. The predicted octanol–water partition coefficient (Wildman–Crippen LogP) is 18.2. The second-order valence-electron chi connectivity index (χ2n) is 17.0. The summed E-state index contributed by atoms with van der Waals surface area (Å²) >= 11 is 0. The van der Waals surface area contributed by atoms with E-state index in [0.29, 0.717) is 19.3 Å². The van der Waals surface area contributed by atoms with Crippen LogP contribution in [-0.2, 0) is 28.6 Å². The van der Waals surface area contributed by atoms with Crippen molar-refractivity contribution in [2.75, 3.05) is 13.2 Å². The predicted molar refractivity (Wildman–Crippen MR) is 297 cm³/mol. The average Bonchev–Trinajstić information content (AvgIpc) is 3.35. The molecule has 0 aliphatic heterocycles. The zero-order valence-corrected chi connectivity index (χ0v) is 43.8. The van der Waals surface area contributed by atoms with Crippen molar-refractivity contribution >= 4 is 17.9 Å². The third-order valence-electron chi connectivity index (χ3n) is 10.5. The Balaban J connectivity index is 4.65. The Hall–Kier alpha value is -4.97. The van der Waals surface area contributed by atoms with E-state index in [1.54, 1.807) is 0 Å². The van der Waals surface area contributed by atoms with Crippen molar-refractivity contribution in [3.63, 3.8) is 0 Å². The number of esters is 3. The molecule has 0 aromatic rings. The summed E-state index contributed by atoms with van der Waals surface area (Å²) in [4.78, 5) is 38.0. The molecular weight excluding hydrogens is 853 g/mol. The van der Waals surface area contributed by atoms with Gasteiger partial charge in [0.25, 0.3) is 0 Å². The van der Waals surface area contributed by atoms with Gasteiger partial charge in [0.1, 0.15) is 13.2 Å². The fraction of sp³-hybridized carbons (Fsp3) is 0.540. The Kier molecular flexibility index (Phi) is 51.6. The summed E-state index contributed by atoms with van der Waals surface area (Å²) in [7, 11) is 0. The molecule has 0 radical (unpaired) electrons. The normalized spacial score (nSPS) is 13.4. The molecule has 6 nitrogen and oxygen atoms in total. The van der Waals surface area contributed by atoms with E-state index < -0.39 is 12.1 Å². The molecule has 69 heavy (non-hydrogen) atoms. The molecule has 0 N–H and O–H groups in total. The Morgan fingerprint density at radius 2 is 0.609 bits per heavy atom. The standard InChI is InChI=1S/C63H96O6/c1-4-7-10-13-16-19-22-25-28-30-31-33-35-38-41-44-47-50-53-56-62(65)68-59-60(58-67-61(64)55-52-49-46-43-40-37-34-27-24-21-18-15-12-9-6-3)69-63(66)57-54-51-48-45-42-39-36-32-29-26-23-20-17-14-11-8-5-2/h7,9-10,12,16-21,25-29,31,33-34,36,38-39,41,45,47-48,50,60H,4-6,8,11,13-15,22-24,30,32,35,37,40,42-44,46,49,51-59H2,1-3H3/t60-/m1/s1. The summed E-state index contributed by atoms with van der Waals surface area (Å²) in [6.45, 7) is 6.23. The molecule has 0 unspecified atom stereocenters. The topological polar surface area (TPSA) is 78.9 Å². The number of unbranched alkanes of at least 4 members (excludes halogenated alkanes) is 9. The van der Waals surface area contributed by atoms with Crippen LogP contribution >= 0.6 is 0 Å². The molecule has 0 saturated carbocycles. The molecule has 0 bridgehead atoms. The molecule has 0 rings (SSSR count). The van der Waals surface area contributed by atoms with Crippen LogP contribution in [0.2, 0.25) is 0 Å². The molecule has 0 saturated heterocycles. The zero-order chi connectivity index (χ0) is 50.0. The smallest absolute Gasteiger partial charge is 0.306 e. The van der Waals surface area contributed by atoms with Crippen LogP contribution < -0.4 is 0 Å². The number of rotatable bonds is 46. The number of carbonyl (C=O) groups excluding carboxylic acids is 3. The zero-order valence-electron chi connectivity index (χ0n) is 43.8. The molecule has 0 aliphatic rings. The molecule has 0 aromatic heterocycles. The molecule has 0 heterocycles. The number of carbonyl (C=O) groups is 3. The van der Waals surface area contributed by atoms with Crippen molar-refractivity contribution < 1.29 is 28.6 Å². The fourth-order valence-corrected chi connectivity index (χ4v) is 6.53. The van der Waals surface area contributed by atoms with Crippen molar-refractivity contribution in [2.24, 2.45) is 0 Å². The van der Waals surface area contributed by atoms with Crippen molar-refractivity contribution in [1.82, 2.24) is 0 Å². The summed E-state index contributed by atoms with van der Waals surface area (Å²) in [6, 6.07) is 0. The van der Waals surface area contributed by atoms with Gasteiger partial charge in [0.2, 0.25) is 0 Å². The maximum atomic E-state index is 12.8. The van der Waals surface area contributed by atoms with Crippen LogP contribution in [0.25, 0.3) is 0 Å². The lowest BCUT2D eigenvalue weighted by atomic mass is 10.1. The Bertz CT molecular complexity index is 1610. The van der Waals surface area contributed by atoms with Crippen molar-refractivity contribution in [1.29, 1.82) is 0 Å². The highest BCUT2D eigenvalue weighted by molar-refractivity contribution is 5.71. The minimum absolute atomic E-state index is 0.140. The summed E-state index contributed by atoms with van der Waals surface area (Å²) in [5, 5.41) is 0. The molecule has 0 aliphatic carbocycles. The van der Waals surface area contributed by atoms with Crippen LogP contribution in [0, 0.1) is 0 Å². The minimum atomic E-state index is -0.853. The van der Waals surface area contributed by atoms with Gasteiger partial charge in [0, 0.05) is 19.3 Å². The van der Waals surface area contributed by atoms with E-state index >= 15 is 0 Å². The third-order valence-corrected chi connectivity index (χ3v) is 10.5. The molecule has 6 heteroatoms. The summed E-state index contributed by atoms with van der Waals surface area (Å²) in [6.07, 6.45) is 81.0. The first kappa shape index (κ1) is 64.0. The third kappa shape index (κ3) is 53.8. The first-order valence-electron chi connectivity index (χ1n) is 27.0. The highest BCUT2D eigenvalue weighted by Crippen LogP contribution is 2.11. The highest BCUT2D eigenvalue weighted by atomic mass is 16.6. The first-order valence-corrected chi connectivity index (χ1v) is 27.0. The number of allylic oxidation sites excluding steroid dienone is 26. The van der Waals surface area contributed by atoms with Crippen LogP contribution in [-0.4, -0.2) is 37.2 Å². The maximum Gasteiger partial charge on any atom is 0.306 e. The van der Waals surface area contributed by atoms with Gasteiger partial charge in [-0.1, -0.05) is 211 Å². The van der Waals surface area contributed by atoms with Gasteiger partial charge in [-0.3, -0.25) is 14.4 Å². The van der Waals surface area contributed by atoms with E-state index in [2.05, 4.69) is 167 Å². The molecule has 0 aromatic carbocycles. The first-order chi connectivity index (χ1) is 34.0. The van der Waals surface area contributed by atoms with Crippen molar-refractivity contribution in [3.05, 3.63) is 158 Å². The molecule has 0 fully saturated rings. The van der Waals surface area contributed by atoms with Crippen LogP contribution in [0.4, 0.5) is 0 Å². The van der Waals surface area contributed by atoms with E-state index in [-0.39, 0.29) is 38.0 Å². The number of ether oxygens (including phenoxy) is 3. The van der Waals surface area contributed by atoms with Gasteiger partial charge in [-0.15, -0.1) is 0 Å². The molecule has 1 atom stereocenters. The second-order valence-corrected chi connectivity index (χ2v) is 17.0. The molecular formula is C63H96O6. The van der Waals surface area contributed by atoms with Gasteiger partial charge in [0.05, 0.1) is 0 Å². The largest absolute Gasteiger partial charge is 0.462 e. The van der Waals surface area contributed by atoms with Crippen LogP contribution in [0.3, 0.4) is 0 Å². The van der Waals surface area contributed by atoms with Gasteiger partial charge in [-0.2, -0.15) is 0 Å². The number of hydrogen-bond acceptors (Lipinski definition) is 6. The minimum Gasteiger partial charge on any atom is -0.462 e. The average molecular weight is 949 g/mol. The Labute approximate surface area is 422 Å². The van der Waals surface area contributed by atoms with E-state index in [0.717, 1.165) is 122 Å². The van der Waals surface area contributed by atoms with Crippen LogP contribution in [0.15, 0.2) is 158 Å².